The molecule has 0 spiro atoms. The van der Waals surface area contributed by atoms with Crippen LogP contribution in [0.25, 0.3) is 0 Å². The van der Waals surface area contributed by atoms with Gasteiger partial charge in [-0.15, -0.1) is 0 Å². The van der Waals surface area contributed by atoms with Gasteiger partial charge in [0.25, 0.3) is 0 Å². The van der Waals surface area contributed by atoms with E-state index in [9.17, 15) is 0 Å². The summed E-state index contributed by atoms with van der Waals surface area (Å²) in [5, 5.41) is 3.22. The number of hydrogen-bond donors (Lipinski definition) is 1. The minimum atomic E-state index is 0.338. The van der Waals surface area contributed by atoms with E-state index in [1.54, 1.807) is 0 Å². The number of hydrogen-bond acceptors (Lipinski definition) is 2. The maximum atomic E-state index is 5.50. The second-order valence-corrected chi connectivity index (χ2v) is 5.11. The summed E-state index contributed by atoms with van der Waals surface area (Å²) in [5.74, 6) is 0.855. The Morgan fingerprint density at radius 1 is 1.31 bits per heavy atom. The highest BCUT2D eigenvalue weighted by atomic mass is 16.5. The van der Waals surface area contributed by atoms with Crippen LogP contribution in [-0.4, -0.2) is 20.3 Å². The number of benzene rings is 1. The van der Waals surface area contributed by atoms with E-state index in [1.165, 1.54) is 30.5 Å². The fourth-order valence-corrected chi connectivity index (χ4v) is 2.91. The van der Waals surface area contributed by atoms with Crippen molar-refractivity contribution in [2.75, 3.05) is 25.6 Å². The van der Waals surface area contributed by atoms with Crippen LogP contribution in [0, 0.1) is 5.92 Å². The van der Waals surface area contributed by atoms with Crippen molar-refractivity contribution < 1.29 is 4.74 Å². The molecule has 1 aromatic rings. The SMILES string of the molecule is CNc1cccc(C2(C3CCC3)COC2)c1. The van der Waals surface area contributed by atoms with E-state index in [0.29, 0.717) is 5.41 Å². The maximum absolute atomic E-state index is 5.50. The van der Waals surface area contributed by atoms with Crippen molar-refractivity contribution in [3.63, 3.8) is 0 Å². The topological polar surface area (TPSA) is 21.3 Å². The van der Waals surface area contributed by atoms with Crippen molar-refractivity contribution in [3.8, 4) is 0 Å². The van der Waals surface area contributed by atoms with Gasteiger partial charge in [0.2, 0.25) is 0 Å². The van der Waals surface area contributed by atoms with Crippen LogP contribution in [0.15, 0.2) is 24.3 Å². The lowest BCUT2D eigenvalue weighted by molar-refractivity contribution is -0.107. The molecule has 0 amide bonds. The van der Waals surface area contributed by atoms with Gasteiger partial charge in [-0.2, -0.15) is 0 Å². The van der Waals surface area contributed by atoms with Gasteiger partial charge in [-0.3, -0.25) is 0 Å². The minimum Gasteiger partial charge on any atom is -0.388 e. The second kappa shape index (κ2) is 3.77. The fraction of sp³-hybridized carbons (Fsp3) is 0.571. The molecule has 0 radical (unpaired) electrons. The van der Waals surface area contributed by atoms with Crippen LogP contribution in [-0.2, 0) is 10.2 Å². The monoisotopic (exact) mass is 217 g/mol. The van der Waals surface area contributed by atoms with Gasteiger partial charge >= 0.3 is 0 Å². The Bertz CT molecular complexity index is 380. The van der Waals surface area contributed by atoms with Crippen LogP contribution in [0.5, 0.6) is 0 Å². The van der Waals surface area contributed by atoms with Gasteiger partial charge in [-0.05, 0) is 36.5 Å². The fourth-order valence-electron chi connectivity index (χ4n) is 2.91. The Kier molecular flexibility index (Phi) is 2.40. The predicted molar refractivity (Wildman–Crippen MR) is 65.8 cm³/mol. The molecule has 1 saturated heterocycles. The molecule has 0 bridgehead atoms. The van der Waals surface area contributed by atoms with Crippen LogP contribution < -0.4 is 5.32 Å². The summed E-state index contributed by atoms with van der Waals surface area (Å²) >= 11 is 0. The van der Waals surface area contributed by atoms with E-state index >= 15 is 0 Å². The van der Waals surface area contributed by atoms with Crippen molar-refractivity contribution in [2.24, 2.45) is 5.92 Å². The average Bonchev–Trinajstić information content (AvgIpc) is 2.20. The Hall–Kier alpha value is -1.02. The molecule has 1 aromatic carbocycles. The molecule has 0 atom stereocenters. The largest absolute Gasteiger partial charge is 0.388 e. The van der Waals surface area contributed by atoms with Crippen LogP contribution in [0.1, 0.15) is 24.8 Å². The molecule has 2 heteroatoms. The highest BCUT2D eigenvalue weighted by Crippen LogP contribution is 2.48. The molecule has 0 aromatic heterocycles. The third-order valence-corrected chi connectivity index (χ3v) is 4.33. The third kappa shape index (κ3) is 1.36. The van der Waals surface area contributed by atoms with E-state index in [4.69, 9.17) is 4.74 Å². The van der Waals surface area contributed by atoms with Gasteiger partial charge in [0, 0.05) is 18.2 Å². The highest BCUT2D eigenvalue weighted by Gasteiger charge is 2.48. The number of nitrogens with one attached hydrogen (secondary N) is 1. The van der Waals surface area contributed by atoms with Crippen LogP contribution in [0.4, 0.5) is 5.69 Å². The van der Waals surface area contributed by atoms with Crippen LogP contribution >= 0.6 is 0 Å². The molecule has 1 aliphatic carbocycles. The molecule has 1 heterocycles. The lowest BCUT2D eigenvalue weighted by Crippen LogP contribution is -2.54. The number of ether oxygens (including phenoxy) is 1. The quantitative estimate of drug-likeness (QED) is 0.840. The molecule has 1 saturated carbocycles. The van der Waals surface area contributed by atoms with Gasteiger partial charge in [0.05, 0.1) is 13.2 Å². The molecule has 0 unspecified atom stereocenters. The molecule has 1 N–H and O–H groups in total. The van der Waals surface area contributed by atoms with Gasteiger partial charge in [0.15, 0.2) is 0 Å². The average molecular weight is 217 g/mol. The molecular weight excluding hydrogens is 198 g/mol. The first-order valence-electron chi connectivity index (χ1n) is 6.21. The van der Waals surface area contributed by atoms with E-state index in [2.05, 4.69) is 29.6 Å². The standard InChI is InChI=1S/C14H19NO/c1-15-13-7-3-6-12(8-13)14(9-16-10-14)11-4-2-5-11/h3,6-8,11,15H,2,4-5,9-10H2,1H3. The summed E-state index contributed by atoms with van der Waals surface area (Å²) in [4.78, 5) is 0. The van der Waals surface area contributed by atoms with E-state index < -0.39 is 0 Å². The molecule has 16 heavy (non-hydrogen) atoms. The van der Waals surface area contributed by atoms with Crippen molar-refractivity contribution in [1.29, 1.82) is 0 Å². The van der Waals surface area contributed by atoms with Gasteiger partial charge in [0.1, 0.15) is 0 Å². The molecular formula is C14H19NO. The molecule has 86 valence electrons. The van der Waals surface area contributed by atoms with Crippen molar-refractivity contribution >= 4 is 5.69 Å². The molecule has 1 aliphatic heterocycles. The van der Waals surface area contributed by atoms with E-state index in [1.807, 2.05) is 7.05 Å². The summed E-state index contributed by atoms with van der Waals surface area (Å²) in [5.41, 5.74) is 3.02. The maximum Gasteiger partial charge on any atom is 0.0588 e. The Labute approximate surface area is 97.0 Å². The predicted octanol–water partition coefficient (Wildman–Crippen LogP) is 2.80. The molecule has 3 rings (SSSR count). The lowest BCUT2D eigenvalue weighted by Gasteiger charge is -2.51. The van der Waals surface area contributed by atoms with Crippen LogP contribution in [0.2, 0.25) is 0 Å². The van der Waals surface area contributed by atoms with Gasteiger partial charge in [-0.25, -0.2) is 0 Å². The summed E-state index contributed by atoms with van der Waals surface area (Å²) < 4.78 is 5.50. The molecule has 2 aliphatic rings. The van der Waals surface area contributed by atoms with E-state index in [0.717, 1.165) is 19.1 Å². The van der Waals surface area contributed by atoms with Crippen molar-refractivity contribution in [1.82, 2.24) is 0 Å². The van der Waals surface area contributed by atoms with E-state index in [-0.39, 0.29) is 0 Å². The summed E-state index contributed by atoms with van der Waals surface area (Å²) in [6, 6.07) is 8.83. The zero-order valence-corrected chi connectivity index (χ0v) is 9.83. The lowest BCUT2D eigenvalue weighted by atomic mass is 9.61. The number of rotatable bonds is 3. The summed E-state index contributed by atoms with van der Waals surface area (Å²) in [6.45, 7) is 1.84. The van der Waals surface area contributed by atoms with Gasteiger partial charge in [-0.1, -0.05) is 18.6 Å². The summed E-state index contributed by atoms with van der Waals surface area (Å²) in [7, 11) is 1.98. The Morgan fingerprint density at radius 2 is 2.12 bits per heavy atom. The van der Waals surface area contributed by atoms with Crippen molar-refractivity contribution in [3.05, 3.63) is 29.8 Å². The van der Waals surface area contributed by atoms with Crippen molar-refractivity contribution in [2.45, 2.75) is 24.7 Å². The summed E-state index contributed by atoms with van der Waals surface area (Å²) in [6.07, 6.45) is 4.17. The van der Waals surface area contributed by atoms with Gasteiger partial charge < -0.3 is 10.1 Å². The Balaban J connectivity index is 1.93. The minimum absolute atomic E-state index is 0.338. The highest BCUT2D eigenvalue weighted by molar-refractivity contribution is 5.48. The first-order valence-corrected chi connectivity index (χ1v) is 6.21. The normalized spacial score (nSPS) is 23.3. The van der Waals surface area contributed by atoms with Crippen LogP contribution in [0.3, 0.4) is 0 Å². The smallest absolute Gasteiger partial charge is 0.0588 e. The molecule has 2 fully saturated rings. The first kappa shape index (κ1) is 10.2. The first-order chi connectivity index (χ1) is 7.85. The Morgan fingerprint density at radius 3 is 2.62 bits per heavy atom. The second-order valence-electron chi connectivity index (χ2n) is 5.11. The number of anilines is 1. The zero-order valence-electron chi connectivity index (χ0n) is 9.83. The zero-order chi connectivity index (χ0) is 11.0. The third-order valence-electron chi connectivity index (χ3n) is 4.33. The molecule has 2 nitrogen and oxygen atoms in total.